The standard InChI is InChI=1S/C16H24FN3O/c17-14-3-4-16(21-12-11-19-7-1-2-8-19)15(13-14)20-9-5-18-6-10-20/h3-4,13,18H,1-2,5-12H2. The molecule has 2 fully saturated rings. The van der Waals surface area contributed by atoms with Crippen molar-refractivity contribution in [2.45, 2.75) is 12.8 Å². The van der Waals surface area contributed by atoms with Crippen LogP contribution in [0.25, 0.3) is 0 Å². The van der Waals surface area contributed by atoms with Crippen molar-refractivity contribution in [1.82, 2.24) is 10.2 Å². The van der Waals surface area contributed by atoms with Crippen molar-refractivity contribution in [3.63, 3.8) is 0 Å². The Hall–Kier alpha value is -1.33. The zero-order valence-corrected chi connectivity index (χ0v) is 12.5. The Balaban J connectivity index is 1.62. The Labute approximate surface area is 125 Å². The van der Waals surface area contributed by atoms with Gasteiger partial charge in [0.1, 0.15) is 18.2 Å². The van der Waals surface area contributed by atoms with Crippen LogP contribution in [0.3, 0.4) is 0 Å². The van der Waals surface area contributed by atoms with Gasteiger partial charge in [0.25, 0.3) is 0 Å². The molecule has 0 radical (unpaired) electrons. The van der Waals surface area contributed by atoms with E-state index in [9.17, 15) is 4.39 Å². The first kappa shape index (κ1) is 14.6. The first-order chi connectivity index (χ1) is 10.3. The fourth-order valence-corrected chi connectivity index (χ4v) is 3.06. The van der Waals surface area contributed by atoms with Gasteiger partial charge < -0.3 is 15.0 Å². The summed E-state index contributed by atoms with van der Waals surface area (Å²) in [6.45, 7) is 7.64. The average molecular weight is 293 g/mol. The second-order valence-corrected chi connectivity index (χ2v) is 5.75. The summed E-state index contributed by atoms with van der Waals surface area (Å²) in [6.07, 6.45) is 2.59. The first-order valence-electron chi connectivity index (χ1n) is 7.93. The van der Waals surface area contributed by atoms with E-state index < -0.39 is 0 Å². The molecule has 5 heteroatoms. The molecule has 0 unspecified atom stereocenters. The highest BCUT2D eigenvalue weighted by Crippen LogP contribution is 2.29. The number of anilines is 1. The smallest absolute Gasteiger partial charge is 0.142 e. The number of rotatable bonds is 5. The number of halogens is 1. The van der Waals surface area contributed by atoms with Crippen molar-refractivity contribution in [3.05, 3.63) is 24.0 Å². The lowest BCUT2D eigenvalue weighted by atomic mass is 10.2. The molecule has 1 aromatic rings. The van der Waals surface area contributed by atoms with Crippen molar-refractivity contribution < 1.29 is 9.13 Å². The molecule has 0 amide bonds. The Morgan fingerprint density at radius 3 is 2.62 bits per heavy atom. The molecule has 1 aromatic carbocycles. The monoisotopic (exact) mass is 293 g/mol. The van der Waals surface area contributed by atoms with Gasteiger partial charge in [0.15, 0.2) is 0 Å². The number of benzene rings is 1. The number of likely N-dealkylation sites (tertiary alicyclic amines) is 1. The normalized spacial score (nSPS) is 20.0. The van der Waals surface area contributed by atoms with Crippen LogP contribution in [0.5, 0.6) is 5.75 Å². The summed E-state index contributed by atoms with van der Waals surface area (Å²) < 4.78 is 19.5. The van der Waals surface area contributed by atoms with Crippen molar-refractivity contribution in [1.29, 1.82) is 0 Å². The van der Waals surface area contributed by atoms with Crippen molar-refractivity contribution in [2.24, 2.45) is 0 Å². The third-order valence-corrected chi connectivity index (χ3v) is 4.24. The van der Waals surface area contributed by atoms with Gasteiger partial charge in [0.2, 0.25) is 0 Å². The maximum absolute atomic E-state index is 13.6. The van der Waals surface area contributed by atoms with Crippen LogP contribution in [-0.4, -0.2) is 57.3 Å². The van der Waals surface area contributed by atoms with Gasteiger partial charge >= 0.3 is 0 Å². The van der Waals surface area contributed by atoms with Gasteiger partial charge in [-0.1, -0.05) is 0 Å². The van der Waals surface area contributed by atoms with E-state index >= 15 is 0 Å². The van der Waals surface area contributed by atoms with E-state index in [2.05, 4.69) is 15.1 Å². The SMILES string of the molecule is Fc1ccc(OCCN2CCCC2)c(N2CCNCC2)c1. The van der Waals surface area contributed by atoms with Gasteiger partial charge in [0.05, 0.1) is 5.69 Å². The van der Waals surface area contributed by atoms with E-state index in [1.807, 2.05) is 0 Å². The molecular weight excluding hydrogens is 269 g/mol. The number of nitrogens with one attached hydrogen (secondary N) is 1. The lowest BCUT2D eigenvalue weighted by Gasteiger charge is -2.31. The summed E-state index contributed by atoms with van der Waals surface area (Å²) in [5.74, 6) is 0.605. The molecule has 21 heavy (non-hydrogen) atoms. The predicted octanol–water partition coefficient (Wildman–Crippen LogP) is 1.71. The largest absolute Gasteiger partial charge is 0.490 e. The molecule has 0 bridgehead atoms. The summed E-state index contributed by atoms with van der Waals surface area (Å²) >= 11 is 0. The zero-order valence-electron chi connectivity index (χ0n) is 12.5. The summed E-state index contributed by atoms with van der Waals surface area (Å²) in [5, 5.41) is 3.32. The maximum Gasteiger partial charge on any atom is 0.142 e. The third kappa shape index (κ3) is 3.86. The minimum atomic E-state index is -0.199. The molecular formula is C16H24FN3O. The summed E-state index contributed by atoms with van der Waals surface area (Å²) in [5.41, 5.74) is 0.887. The molecule has 0 atom stereocenters. The van der Waals surface area contributed by atoms with Crippen molar-refractivity contribution in [3.8, 4) is 5.75 Å². The Kier molecular flexibility index (Phi) is 4.93. The highest BCUT2D eigenvalue weighted by atomic mass is 19.1. The van der Waals surface area contributed by atoms with Crippen LogP contribution >= 0.6 is 0 Å². The highest BCUT2D eigenvalue weighted by Gasteiger charge is 2.17. The number of ether oxygens (including phenoxy) is 1. The van der Waals surface area contributed by atoms with Crippen LogP contribution in [0.4, 0.5) is 10.1 Å². The van der Waals surface area contributed by atoms with Crippen LogP contribution in [0.15, 0.2) is 18.2 Å². The molecule has 2 aliphatic heterocycles. The summed E-state index contributed by atoms with van der Waals surface area (Å²) in [7, 11) is 0. The van der Waals surface area contributed by atoms with Crippen molar-refractivity contribution in [2.75, 3.05) is 57.3 Å². The maximum atomic E-state index is 13.6. The van der Waals surface area contributed by atoms with Crippen LogP contribution in [0, 0.1) is 5.82 Å². The predicted molar refractivity (Wildman–Crippen MR) is 82.7 cm³/mol. The molecule has 0 aromatic heterocycles. The molecule has 4 nitrogen and oxygen atoms in total. The number of hydrogen-bond donors (Lipinski definition) is 1. The van der Waals surface area contributed by atoms with Gasteiger partial charge in [-0.3, -0.25) is 4.90 Å². The van der Waals surface area contributed by atoms with E-state index in [0.29, 0.717) is 6.61 Å². The molecule has 3 rings (SSSR count). The molecule has 2 heterocycles. The van der Waals surface area contributed by atoms with E-state index in [-0.39, 0.29) is 5.82 Å². The van der Waals surface area contributed by atoms with E-state index in [4.69, 9.17) is 4.74 Å². The lowest BCUT2D eigenvalue weighted by molar-refractivity contribution is 0.238. The molecule has 1 N–H and O–H groups in total. The zero-order chi connectivity index (χ0) is 14.5. The highest BCUT2D eigenvalue weighted by molar-refractivity contribution is 5.59. The molecule has 2 aliphatic rings. The number of nitrogens with zero attached hydrogens (tertiary/aromatic N) is 2. The minimum Gasteiger partial charge on any atom is -0.490 e. The molecule has 0 saturated carbocycles. The number of piperazine rings is 1. The van der Waals surface area contributed by atoms with E-state index in [0.717, 1.165) is 44.2 Å². The van der Waals surface area contributed by atoms with Crippen LogP contribution in [0.1, 0.15) is 12.8 Å². The molecule has 0 spiro atoms. The fourth-order valence-electron chi connectivity index (χ4n) is 3.06. The van der Waals surface area contributed by atoms with Gasteiger partial charge in [-0.2, -0.15) is 0 Å². The molecule has 2 saturated heterocycles. The van der Waals surface area contributed by atoms with Gasteiger partial charge in [-0.25, -0.2) is 4.39 Å². The van der Waals surface area contributed by atoms with Crippen molar-refractivity contribution >= 4 is 5.69 Å². The Bertz CT molecular complexity index is 457. The van der Waals surface area contributed by atoms with Crippen LogP contribution < -0.4 is 15.0 Å². The second-order valence-electron chi connectivity index (χ2n) is 5.75. The molecule has 116 valence electrons. The quantitative estimate of drug-likeness (QED) is 0.894. The van der Waals surface area contributed by atoms with Crippen LogP contribution in [-0.2, 0) is 0 Å². The Morgan fingerprint density at radius 1 is 1.10 bits per heavy atom. The molecule has 0 aliphatic carbocycles. The van der Waals surface area contributed by atoms with Gasteiger partial charge in [-0.15, -0.1) is 0 Å². The van der Waals surface area contributed by atoms with Gasteiger partial charge in [-0.05, 0) is 38.1 Å². The fraction of sp³-hybridized carbons (Fsp3) is 0.625. The van der Waals surface area contributed by atoms with Gasteiger partial charge in [0, 0.05) is 38.8 Å². The van der Waals surface area contributed by atoms with E-state index in [1.54, 1.807) is 12.1 Å². The lowest BCUT2D eigenvalue weighted by Crippen LogP contribution is -2.43. The summed E-state index contributed by atoms with van der Waals surface area (Å²) in [4.78, 5) is 4.62. The number of hydrogen-bond acceptors (Lipinski definition) is 4. The van der Waals surface area contributed by atoms with E-state index in [1.165, 1.54) is 32.0 Å². The van der Waals surface area contributed by atoms with Crippen LogP contribution in [0.2, 0.25) is 0 Å². The third-order valence-electron chi connectivity index (χ3n) is 4.24. The topological polar surface area (TPSA) is 27.7 Å². The second kappa shape index (κ2) is 7.09. The first-order valence-corrected chi connectivity index (χ1v) is 7.93. The summed E-state index contributed by atoms with van der Waals surface area (Å²) in [6, 6.07) is 4.84. The minimum absolute atomic E-state index is 0.199. The Morgan fingerprint density at radius 2 is 1.86 bits per heavy atom. The average Bonchev–Trinajstić information content (AvgIpc) is 3.03.